The third kappa shape index (κ3) is 3.59. The molecule has 0 amide bonds. The normalized spacial score (nSPS) is 19.4. The van der Waals surface area contributed by atoms with Gasteiger partial charge in [0.25, 0.3) is 0 Å². The molecule has 0 atom stereocenters. The summed E-state index contributed by atoms with van der Waals surface area (Å²) in [6.45, 7) is 5.10. The SMILES string of the molecule is CC1(C)COC(Oc2ccccc2)(Oc2ccccc2)OC1. The molecule has 0 radical (unpaired) electrons. The van der Waals surface area contributed by atoms with Gasteiger partial charge < -0.3 is 9.47 Å². The topological polar surface area (TPSA) is 36.9 Å². The summed E-state index contributed by atoms with van der Waals surface area (Å²) in [6, 6.07) is 18.7. The molecule has 116 valence electrons. The lowest BCUT2D eigenvalue weighted by Gasteiger charge is -2.40. The molecule has 0 aromatic heterocycles. The van der Waals surface area contributed by atoms with Crippen molar-refractivity contribution >= 4 is 0 Å². The molecule has 0 aliphatic carbocycles. The average Bonchev–Trinajstić information content (AvgIpc) is 2.53. The third-order valence-electron chi connectivity index (χ3n) is 3.25. The van der Waals surface area contributed by atoms with Gasteiger partial charge in [-0.1, -0.05) is 50.2 Å². The van der Waals surface area contributed by atoms with E-state index in [2.05, 4.69) is 13.8 Å². The number of hydrogen-bond acceptors (Lipinski definition) is 4. The van der Waals surface area contributed by atoms with Crippen molar-refractivity contribution in [3.63, 3.8) is 0 Å². The Hall–Kier alpha value is -2.04. The van der Waals surface area contributed by atoms with Gasteiger partial charge in [0, 0.05) is 5.41 Å². The zero-order valence-electron chi connectivity index (χ0n) is 12.8. The predicted octanol–water partition coefficient (Wildman–Crippen LogP) is 3.83. The van der Waals surface area contributed by atoms with Crippen LogP contribution in [-0.4, -0.2) is 19.4 Å². The number of ether oxygens (including phenoxy) is 4. The first-order valence-electron chi connectivity index (χ1n) is 7.33. The Morgan fingerprint density at radius 2 is 1.14 bits per heavy atom. The van der Waals surface area contributed by atoms with Gasteiger partial charge in [-0.15, -0.1) is 0 Å². The Balaban J connectivity index is 1.82. The van der Waals surface area contributed by atoms with Crippen molar-refractivity contribution in [3.05, 3.63) is 60.7 Å². The minimum absolute atomic E-state index is 0.0798. The lowest BCUT2D eigenvalue weighted by molar-refractivity contribution is -0.470. The van der Waals surface area contributed by atoms with Gasteiger partial charge in [0.1, 0.15) is 11.5 Å². The van der Waals surface area contributed by atoms with Crippen molar-refractivity contribution in [2.45, 2.75) is 20.0 Å². The molecule has 4 heteroatoms. The Labute approximate surface area is 130 Å². The van der Waals surface area contributed by atoms with Crippen LogP contribution in [0.15, 0.2) is 60.7 Å². The highest BCUT2D eigenvalue weighted by Crippen LogP contribution is 2.33. The van der Waals surface area contributed by atoms with Crippen molar-refractivity contribution in [1.82, 2.24) is 0 Å². The highest BCUT2D eigenvalue weighted by atomic mass is 17.0. The fraction of sp³-hybridized carbons (Fsp3) is 0.333. The molecule has 2 aromatic carbocycles. The van der Waals surface area contributed by atoms with Crippen LogP contribution in [0.4, 0.5) is 0 Å². The van der Waals surface area contributed by atoms with Gasteiger partial charge in [-0.05, 0) is 24.3 Å². The van der Waals surface area contributed by atoms with Crippen LogP contribution >= 0.6 is 0 Å². The van der Waals surface area contributed by atoms with E-state index in [0.29, 0.717) is 24.7 Å². The van der Waals surface area contributed by atoms with Gasteiger partial charge in [-0.2, -0.15) is 0 Å². The van der Waals surface area contributed by atoms with Crippen LogP contribution in [0.2, 0.25) is 0 Å². The molecule has 4 nitrogen and oxygen atoms in total. The van der Waals surface area contributed by atoms with Crippen LogP contribution < -0.4 is 9.47 Å². The van der Waals surface area contributed by atoms with Gasteiger partial charge in [0.15, 0.2) is 0 Å². The van der Waals surface area contributed by atoms with Crippen molar-refractivity contribution in [2.75, 3.05) is 13.2 Å². The summed E-state index contributed by atoms with van der Waals surface area (Å²) in [4.78, 5) is 0. The molecule has 0 bridgehead atoms. The molecule has 1 saturated heterocycles. The molecule has 0 saturated carbocycles. The van der Waals surface area contributed by atoms with E-state index in [1.807, 2.05) is 60.7 Å². The first-order valence-corrected chi connectivity index (χ1v) is 7.33. The number of rotatable bonds is 4. The second kappa shape index (κ2) is 5.99. The van der Waals surface area contributed by atoms with E-state index in [9.17, 15) is 0 Å². The van der Waals surface area contributed by atoms with Crippen LogP contribution in [0.1, 0.15) is 13.8 Å². The average molecular weight is 300 g/mol. The van der Waals surface area contributed by atoms with Gasteiger partial charge >= 0.3 is 6.16 Å². The van der Waals surface area contributed by atoms with Gasteiger partial charge in [-0.3, -0.25) is 9.47 Å². The van der Waals surface area contributed by atoms with Crippen LogP contribution in [0.25, 0.3) is 0 Å². The second-order valence-electron chi connectivity index (χ2n) is 6.07. The maximum Gasteiger partial charge on any atom is 0.510 e. The van der Waals surface area contributed by atoms with Crippen LogP contribution in [0.3, 0.4) is 0 Å². The molecule has 1 heterocycles. The van der Waals surface area contributed by atoms with Crippen LogP contribution in [-0.2, 0) is 9.47 Å². The summed E-state index contributed by atoms with van der Waals surface area (Å²) in [5.74, 6) is 1.25. The van der Waals surface area contributed by atoms with Crippen LogP contribution in [0, 0.1) is 5.41 Å². The van der Waals surface area contributed by atoms with Gasteiger partial charge in [-0.25, -0.2) is 0 Å². The third-order valence-corrected chi connectivity index (χ3v) is 3.25. The van der Waals surface area contributed by atoms with Crippen molar-refractivity contribution in [1.29, 1.82) is 0 Å². The zero-order valence-corrected chi connectivity index (χ0v) is 12.8. The monoisotopic (exact) mass is 300 g/mol. The van der Waals surface area contributed by atoms with E-state index < -0.39 is 6.16 Å². The molecule has 1 aliphatic rings. The molecule has 22 heavy (non-hydrogen) atoms. The molecular formula is C18H20O4. The molecular weight excluding hydrogens is 280 g/mol. The van der Waals surface area contributed by atoms with E-state index in [-0.39, 0.29) is 5.41 Å². The molecule has 0 unspecified atom stereocenters. The van der Waals surface area contributed by atoms with Crippen molar-refractivity contribution in [2.24, 2.45) is 5.41 Å². The predicted molar refractivity (Wildman–Crippen MR) is 82.6 cm³/mol. The molecule has 1 fully saturated rings. The highest BCUT2D eigenvalue weighted by molar-refractivity contribution is 5.23. The van der Waals surface area contributed by atoms with E-state index in [1.165, 1.54) is 0 Å². The second-order valence-corrected chi connectivity index (χ2v) is 6.07. The molecule has 0 N–H and O–H groups in total. The standard InChI is InChI=1S/C18H20O4/c1-17(2)13-19-18(20-14-17,21-15-9-5-3-6-10-15)22-16-11-7-4-8-12-16/h3-12H,13-14H2,1-2H3. The lowest BCUT2D eigenvalue weighted by atomic mass is 9.96. The quantitative estimate of drug-likeness (QED) is 0.804. The van der Waals surface area contributed by atoms with Crippen LogP contribution in [0.5, 0.6) is 11.5 Å². The molecule has 1 aliphatic heterocycles. The number of hydrogen-bond donors (Lipinski definition) is 0. The van der Waals surface area contributed by atoms with Crippen molar-refractivity contribution < 1.29 is 18.9 Å². The largest absolute Gasteiger partial charge is 0.510 e. The molecule has 0 spiro atoms. The van der Waals surface area contributed by atoms with Gasteiger partial charge in [0.2, 0.25) is 0 Å². The molecule has 3 rings (SSSR count). The van der Waals surface area contributed by atoms with E-state index >= 15 is 0 Å². The maximum absolute atomic E-state index is 5.87. The number of para-hydroxylation sites is 2. The summed E-state index contributed by atoms with van der Waals surface area (Å²) < 4.78 is 23.4. The Kier molecular flexibility index (Phi) is 4.05. The fourth-order valence-electron chi connectivity index (χ4n) is 2.06. The summed E-state index contributed by atoms with van der Waals surface area (Å²) in [7, 11) is 0. The fourth-order valence-corrected chi connectivity index (χ4v) is 2.06. The Morgan fingerprint density at radius 1 is 0.727 bits per heavy atom. The van der Waals surface area contributed by atoms with Gasteiger partial charge in [0.05, 0.1) is 13.2 Å². The minimum atomic E-state index is -1.56. The maximum atomic E-state index is 5.87. The molecule has 2 aromatic rings. The van der Waals surface area contributed by atoms with E-state index in [1.54, 1.807) is 0 Å². The Morgan fingerprint density at radius 3 is 1.55 bits per heavy atom. The smallest absolute Gasteiger partial charge is 0.407 e. The Bertz CT molecular complexity index is 541. The summed E-state index contributed by atoms with van der Waals surface area (Å²) in [5, 5.41) is 0. The lowest BCUT2D eigenvalue weighted by Crippen LogP contribution is -2.55. The first kappa shape index (κ1) is 14.9. The zero-order chi connectivity index (χ0) is 15.5. The summed E-state index contributed by atoms with van der Waals surface area (Å²) in [5.41, 5.74) is -0.0798. The number of benzene rings is 2. The van der Waals surface area contributed by atoms with Crippen molar-refractivity contribution in [3.8, 4) is 11.5 Å². The van der Waals surface area contributed by atoms with E-state index in [4.69, 9.17) is 18.9 Å². The first-order chi connectivity index (χ1) is 10.6. The summed E-state index contributed by atoms with van der Waals surface area (Å²) in [6.07, 6.45) is -1.56. The highest BCUT2D eigenvalue weighted by Gasteiger charge is 2.46. The van der Waals surface area contributed by atoms with E-state index in [0.717, 1.165) is 0 Å². The summed E-state index contributed by atoms with van der Waals surface area (Å²) >= 11 is 0. The minimum Gasteiger partial charge on any atom is -0.407 e.